The number of rotatable bonds is 3. The largest absolute Gasteiger partial charge is 0.365 e. The number of primary amides is 2. The number of aromatic nitrogens is 3. The predicted molar refractivity (Wildman–Crippen MR) is 82.2 cm³/mol. The second-order valence-electron chi connectivity index (χ2n) is 4.89. The molecule has 8 nitrogen and oxygen atoms in total. The summed E-state index contributed by atoms with van der Waals surface area (Å²) in [5.41, 5.74) is 13.2. The van der Waals surface area contributed by atoms with E-state index in [-0.39, 0.29) is 11.4 Å². The molecule has 0 aliphatic heterocycles. The summed E-state index contributed by atoms with van der Waals surface area (Å²) in [5, 5.41) is 7.11. The minimum Gasteiger partial charge on any atom is -0.365 e. The van der Waals surface area contributed by atoms with Crippen molar-refractivity contribution in [1.82, 2.24) is 14.8 Å². The minimum atomic E-state index is -0.776. The summed E-state index contributed by atoms with van der Waals surface area (Å²) in [5.74, 6) is -0.456. The van der Waals surface area contributed by atoms with Crippen molar-refractivity contribution < 1.29 is 9.59 Å². The summed E-state index contributed by atoms with van der Waals surface area (Å²) < 4.78 is 1.70. The highest BCUT2D eigenvalue weighted by Gasteiger charge is 2.17. The number of nitrogens with two attached hydrogens (primary N) is 2. The van der Waals surface area contributed by atoms with E-state index < -0.39 is 11.9 Å². The van der Waals surface area contributed by atoms with Crippen molar-refractivity contribution >= 4 is 28.7 Å². The van der Waals surface area contributed by atoms with E-state index in [1.807, 2.05) is 25.4 Å². The average Bonchev–Trinajstić information content (AvgIpc) is 3.00. The van der Waals surface area contributed by atoms with E-state index in [9.17, 15) is 9.59 Å². The highest BCUT2D eigenvalue weighted by molar-refractivity contribution is 6.13. The second kappa shape index (κ2) is 4.92. The Morgan fingerprint density at radius 3 is 2.64 bits per heavy atom. The molecule has 0 spiro atoms. The number of carbonyl (C=O) groups excluding carboxylic acids is 2. The zero-order valence-electron chi connectivity index (χ0n) is 11.8. The number of nitrogens with zero attached hydrogens (tertiary/aromatic N) is 2. The Morgan fingerprint density at radius 2 is 2.05 bits per heavy atom. The van der Waals surface area contributed by atoms with Crippen LogP contribution in [0.1, 0.15) is 10.4 Å². The van der Waals surface area contributed by atoms with Gasteiger partial charge in [0.05, 0.1) is 11.8 Å². The molecule has 8 heteroatoms. The van der Waals surface area contributed by atoms with Gasteiger partial charge in [-0.25, -0.2) is 4.79 Å². The van der Waals surface area contributed by atoms with Crippen LogP contribution in [-0.2, 0) is 7.05 Å². The molecule has 0 saturated heterocycles. The lowest BCUT2D eigenvalue weighted by Gasteiger charge is -2.00. The maximum atomic E-state index is 11.6. The van der Waals surface area contributed by atoms with Crippen molar-refractivity contribution in [3.8, 4) is 11.1 Å². The zero-order chi connectivity index (χ0) is 15.9. The number of H-pyrrole nitrogens is 1. The van der Waals surface area contributed by atoms with E-state index in [2.05, 4.69) is 15.4 Å². The van der Waals surface area contributed by atoms with E-state index >= 15 is 0 Å². The number of hydrogen-bond donors (Lipinski definition) is 4. The van der Waals surface area contributed by atoms with E-state index in [1.54, 1.807) is 16.9 Å². The summed E-state index contributed by atoms with van der Waals surface area (Å²) >= 11 is 0. The summed E-state index contributed by atoms with van der Waals surface area (Å²) in [4.78, 5) is 25.6. The van der Waals surface area contributed by atoms with Crippen LogP contribution < -0.4 is 16.8 Å². The van der Waals surface area contributed by atoms with Crippen molar-refractivity contribution in [3.05, 3.63) is 36.2 Å². The fraction of sp³-hybridized carbons (Fsp3) is 0.0714. The molecule has 0 bridgehead atoms. The summed E-state index contributed by atoms with van der Waals surface area (Å²) in [6, 6.07) is 4.69. The number of hydrogen-bond acceptors (Lipinski definition) is 3. The first-order chi connectivity index (χ1) is 10.5. The van der Waals surface area contributed by atoms with E-state index in [1.165, 1.54) is 0 Å². The van der Waals surface area contributed by atoms with E-state index in [0.29, 0.717) is 10.9 Å². The molecule has 3 aromatic rings. The molecule has 0 fully saturated rings. The molecular formula is C14H14N6O2. The normalized spacial score (nSPS) is 10.8. The van der Waals surface area contributed by atoms with Gasteiger partial charge in [-0.2, -0.15) is 5.10 Å². The predicted octanol–water partition coefficient (Wildman–Crippen LogP) is 1.16. The maximum absolute atomic E-state index is 11.6. The lowest BCUT2D eigenvalue weighted by atomic mass is 10.1. The number of fused-ring (bicyclic) bond motifs is 1. The van der Waals surface area contributed by atoms with Crippen LogP contribution in [0, 0.1) is 0 Å². The number of benzene rings is 1. The lowest BCUT2D eigenvalue weighted by molar-refractivity contribution is 0.100. The van der Waals surface area contributed by atoms with Gasteiger partial charge in [-0.3, -0.25) is 14.8 Å². The number of aromatic amines is 1. The van der Waals surface area contributed by atoms with Gasteiger partial charge in [-0.15, -0.1) is 0 Å². The molecule has 0 aliphatic rings. The first-order valence-electron chi connectivity index (χ1n) is 6.46. The van der Waals surface area contributed by atoms with Crippen LogP contribution in [0.2, 0.25) is 0 Å². The van der Waals surface area contributed by atoms with Crippen LogP contribution in [0.5, 0.6) is 0 Å². The van der Waals surface area contributed by atoms with Crippen LogP contribution in [0.4, 0.5) is 10.6 Å². The Labute approximate surface area is 125 Å². The van der Waals surface area contributed by atoms with Gasteiger partial charge >= 0.3 is 6.03 Å². The van der Waals surface area contributed by atoms with Crippen molar-refractivity contribution in [2.45, 2.75) is 0 Å². The van der Waals surface area contributed by atoms with E-state index in [4.69, 9.17) is 11.5 Å². The summed E-state index contributed by atoms with van der Waals surface area (Å²) in [7, 11) is 1.83. The fourth-order valence-electron chi connectivity index (χ4n) is 2.42. The Balaban J connectivity index is 2.17. The smallest absolute Gasteiger partial charge is 0.317 e. The molecular weight excluding hydrogens is 284 g/mol. The third-order valence-electron chi connectivity index (χ3n) is 3.33. The van der Waals surface area contributed by atoms with Crippen molar-refractivity contribution in [3.63, 3.8) is 0 Å². The molecule has 0 aliphatic carbocycles. The van der Waals surface area contributed by atoms with Crippen molar-refractivity contribution in [2.24, 2.45) is 18.5 Å². The molecule has 3 rings (SSSR count). The van der Waals surface area contributed by atoms with Gasteiger partial charge in [0.1, 0.15) is 5.82 Å². The van der Waals surface area contributed by atoms with Crippen LogP contribution in [0.25, 0.3) is 22.0 Å². The number of carbonyl (C=O) groups is 2. The average molecular weight is 298 g/mol. The zero-order valence-corrected chi connectivity index (χ0v) is 11.8. The molecule has 1 aromatic carbocycles. The molecule has 2 aromatic heterocycles. The Kier molecular flexibility index (Phi) is 3.06. The van der Waals surface area contributed by atoms with Gasteiger partial charge in [0, 0.05) is 29.7 Å². The third-order valence-corrected chi connectivity index (χ3v) is 3.33. The van der Waals surface area contributed by atoms with Crippen molar-refractivity contribution in [1.29, 1.82) is 0 Å². The highest BCUT2D eigenvalue weighted by atomic mass is 16.2. The Hall–Kier alpha value is -3.29. The topological polar surface area (TPSA) is 132 Å². The third kappa shape index (κ3) is 2.26. The molecule has 0 saturated carbocycles. The summed E-state index contributed by atoms with van der Waals surface area (Å²) in [6.45, 7) is 0. The number of urea groups is 1. The van der Waals surface area contributed by atoms with Gasteiger partial charge in [0.15, 0.2) is 0 Å². The van der Waals surface area contributed by atoms with Gasteiger partial charge in [0.25, 0.3) is 5.91 Å². The van der Waals surface area contributed by atoms with Crippen molar-refractivity contribution in [2.75, 3.05) is 5.32 Å². The number of aryl methyl sites for hydroxylation is 1. The van der Waals surface area contributed by atoms with Crippen LogP contribution in [-0.4, -0.2) is 26.7 Å². The number of amides is 3. The van der Waals surface area contributed by atoms with Gasteiger partial charge in [-0.05, 0) is 11.6 Å². The molecule has 6 N–H and O–H groups in total. The summed E-state index contributed by atoms with van der Waals surface area (Å²) in [6.07, 6.45) is 3.61. The quantitative estimate of drug-likeness (QED) is 0.578. The molecule has 2 heterocycles. The highest BCUT2D eigenvalue weighted by Crippen LogP contribution is 2.30. The Bertz CT molecular complexity index is 892. The first kappa shape index (κ1) is 13.7. The maximum Gasteiger partial charge on any atom is 0.317 e. The van der Waals surface area contributed by atoms with Crippen LogP contribution in [0.3, 0.4) is 0 Å². The monoisotopic (exact) mass is 298 g/mol. The van der Waals surface area contributed by atoms with E-state index in [0.717, 1.165) is 11.1 Å². The molecule has 22 heavy (non-hydrogen) atoms. The molecule has 0 unspecified atom stereocenters. The minimum absolute atomic E-state index is 0.193. The molecule has 0 radical (unpaired) electrons. The molecule has 112 valence electrons. The fourth-order valence-corrected chi connectivity index (χ4v) is 2.42. The SMILES string of the molecule is Cn1cc(-c2ccc3c(C(N)=O)c(NC(N)=O)[nH]c3c2)cn1. The van der Waals surface area contributed by atoms with Crippen LogP contribution in [0.15, 0.2) is 30.6 Å². The number of anilines is 1. The molecule has 3 amide bonds. The van der Waals surface area contributed by atoms with Crippen LogP contribution >= 0.6 is 0 Å². The Morgan fingerprint density at radius 1 is 1.27 bits per heavy atom. The number of nitrogens with one attached hydrogen (secondary N) is 2. The molecule has 0 atom stereocenters. The standard InChI is InChI=1S/C14H14N6O2/c1-20-6-8(5-17-20)7-2-3-9-10(4-7)18-13(19-14(16)22)11(9)12(15)21/h2-6,18H,1H3,(H2,15,21)(H3,16,19,22). The van der Waals surface area contributed by atoms with Gasteiger partial charge in [-0.1, -0.05) is 12.1 Å². The van der Waals surface area contributed by atoms with Gasteiger partial charge < -0.3 is 16.5 Å². The second-order valence-corrected chi connectivity index (χ2v) is 4.89. The van der Waals surface area contributed by atoms with Gasteiger partial charge in [0.2, 0.25) is 0 Å². The first-order valence-corrected chi connectivity index (χ1v) is 6.46. The lowest BCUT2D eigenvalue weighted by Crippen LogP contribution is -2.22.